The first-order valence-corrected chi connectivity index (χ1v) is 9.36. The number of hydrogen-bond acceptors (Lipinski definition) is 5. The minimum absolute atomic E-state index is 0.185. The lowest BCUT2D eigenvalue weighted by atomic mass is 10.1. The Morgan fingerprint density at radius 3 is 2.13 bits per heavy atom. The summed E-state index contributed by atoms with van der Waals surface area (Å²) in [6, 6.07) is 10.0. The number of aliphatic carboxylic acids is 1. The maximum Gasteiger partial charge on any atom is 0.333 e. The van der Waals surface area contributed by atoms with E-state index in [4.69, 9.17) is 5.11 Å². The minimum Gasteiger partial charge on any atom is -0.478 e. The molecule has 164 valence electrons. The van der Waals surface area contributed by atoms with E-state index in [2.05, 4.69) is 29.2 Å². The van der Waals surface area contributed by atoms with Crippen molar-refractivity contribution in [3.8, 4) is 0 Å². The predicted molar refractivity (Wildman–Crippen MR) is 120 cm³/mol. The standard InChI is InChI=1S/C9H12O4.C8H8.C7H12O2/c1-6(8(10)11)4-5-7(2)9(12)13-3;1-2-8-6-4-3-5-7-8;1-3-5-6-9-7(8)4-2/h4H,2,5H2,1,3H3,(H,10,11);2-7H,1H2;4H,2-3,5-6H2,1H3. The van der Waals surface area contributed by atoms with Gasteiger partial charge < -0.3 is 14.6 Å². The first-order chi connectivity index (χ1) is 14.2. The molecule has 0 aliphatic carbocycles. The van der Waals surface area contributed by atoms with E-state index < -0.39 is 11.9 Å². The molecule has 0 amide bonds. The fraction of sp³-hybridized carbons (Fsp3) is 0.292. The molecular formula is C24H32O6. The third-order valence-electron chi connectivity index (χ3n) is 3.41. The van der Waals surface area contributed by atoms with Crippen molar-refractivity contribution >= 4 is 24.0 Å². The van der Waals surface area contributed by atoms with Crippen LogP contribution >= 0.6 is 0 Å². The van der Waals surface area contributed by atoms with E-state index in [9.17, 15) is 14.4 Å². The van der Waals surface area contributed by atoms with Crippen LogP contribution in [0.5, 0.6) is 0 Å². The molecule has 0 bridgehead atoms. The highest BCUT2D eigenvalue weighted by Crippen LogP contribution is 2.04. The molecule has 0 spiro atoms. The number of unbranched alkanes of at least 4 members (excludes halogenated alkanes) is 1. The maximum atomic E-state index is 10.8. The summed E-state index contributed by atoms with van der Waals surface area (Å²) in [5, 5.41) is 8.48. The van der Waals surface area contributed by atoms with Crippen molar-refractivity contribution in [3.05, 3.63) is 78.9 Å². The average Bonchev–Trinajstić information content (AvgIpc) is 2.77. The summed E-state index contributed by atoms with van der Waals surface area (Å²) in [6.07, 6.45) is 6.60. The maximum absolute atomic E-state index is 10.8. The van der Waals surface area contributed by atoms with Gasteiger partial charge in [0.1, 0.15) is 0 Å². The van der Waals surface area contributed by atoms with Crippen molar-refractivity contribution in [2.45, 2.75) is 33.1 Å². The molecule has 6 heteroatoms. The molecule has 0 unspecified atom stereocenters. The molecule has 0 heterocycles. The van der Waals surface area contributed by atoms with Gasteiger partial charge in [-0.3, -0.25) is 0 Å². The van der Waals surface area contributed by atoms with Gasteiger partial charge in [0.05, 0.1) is 13.7 Å². The monoisotopic (exact) mass is 416 g/mol. The first-order valence-electron chi connectivity index (χ1n) is 9.36. The first kappa shape index (κ1) is 28.8. The van der Waals surface area contributed by atoms with E-state index in [-0.39, 0.29) is 23.5 Å². The molecular weight excluding hydrogens is 384 g/mol. The van der Waals surface area contributed by atoms with Gasteiger partial charge in [0.2, 0.25) is 0 Å². The Bertz CT molecular complexity index is 716. The number of esters is 2. The van der Waals surface area contributed by atoms with Gasteiger partial charge >= 0.3 is 17.9 Å². The Hall–Kier alpha value is -3.41. The fourth-order valence-electron chi connectivity index (χ4n) is 1.56. The van der Waals surface area contributed by atoms with Crippen molar-refractivity contribution in [3.63, 3.8) is 0 Å². The van der Waals surface area contributed by atoms with Gasteiger partial charge in [0.25, 0.3) is 0 Å². The Kier molecular flexibility index (Phi) is 18.2. The third-order valence-corrected chi connectivity index (χ3v) is 3.41. The summed E-state index contributed by atoms with van der Waals surface area (Å²) >= 11 is 0. The van der Waals surface area contributed by atoms with Crippen molar-refractivity contribution < 1.29 is 29.0 Å². The summed E-state index contributed by atoms with van der Waals surface area (Å²) in [4.78, 5) is 31.5. The van der Waals surface area contributed by atoms with Crippen LogP contribution in [-0.2, 0) is 23.9 Å². The number of methoxy groups -OCH3 is 1. The molecule has 0 radical (unpaired) electrons. The Morgan fingerprint density at radius 1 is 1.13 bits per heavy atom. The smallest absolute Gasteiger partial charge is 0.333 e. The summed E-state index contributed by atoms with van der Waals surface area (Å²) in [7, 11) is 1.25. The number of carboxylic acid groups (broad SMARTS) is 1. The van der Waals surface area contributed by atoms with Crippen LogP contribution in [0.4, 0.5) is 0 Å². The molecule has 0 aliphatic heterocycles. The van der Waals surface area contributed by atoms with Gasteiger partial charge in [-0.2, -0.15) is 0 Å². The van der Waals surface area contributed by atoms with E-state index in [0.29, 0.717) is 6.61 Å². The number of carbonyl (C=O) groups excluding carboxylic acids is 2. The molecule has 0 aliphatic rings. The van der Waals surface area contributed by atoms with E-state index in [1.54, 1.807) is 0 Å². The Labute approximate surface area is 179 Å². The third kappa shape index (κ3) is 16.7. The zero-order chi connectivity index (χ0) is 23.4. The molecule has 1 rings (SSSR count). The highest BCUT2D eigenvalue weighted by Gasteiger charge is 2.05. The molecule has 1 aromatic carbocycles. The van der Waals surface area contributed by atoms with Crippen molar-refractivity contribution in [2.24, 2.45) is 0 Å². The lowest BCUT2D eigenvalue weighted by Crippen LogP contribution is -2.03. The van der Waals surface area contributed by atoms with Crippen molar-refractivity contribution in [2.75, 3.05) is 13.7 Å². The minimum atomic E-state index is -1.00. The van der Waals surface area contributed by atoms with Crippen LogP contribution < -0.4 is 0 Å². The molecule has 1 aromatic rings. The second kappa shape index (κ2) is 18.9. The van der Waals surface area contributed by atoms with Crippen LogP contribution in [0.25, 0.3) is 6.08 Å². The number of carboxylic acids is 1. The average molecular weight is 417 g/mol. The topological polar surface area (TPSA) is 89.9 Å². The SMILES string of the molecule is C=C(CC=C(C)C(=O)O)C(=O)OC.C=CC(=O)OCCCC.C=Cc1ccccc1. The van der Waals surface area contributed by atoms with Crippen LogP contribution in [-0.4, -0.2) is 36.7 Å². The molecule has 1 N–H and O–H groups in total. The van der Waals surface area contributed by atoms with Gasteiger partial charge in [-0.05, 0) is 25.3 Å². The van der Waals surface area contributed by atoms with E-state index in [1.807, 2.05) is 43.3 Å². The van der Waals surface area contributed by atoms with Gasteiger partial charge in [-0.25, -0.2) is 14.4 Å². The molecule has 0 atom stereocenters. The number of rotatable bonds is 9. The summed E-state index contributed by atoms with van der Waals surface area (Å²) in [5.41, 5.74) is 1.60. The summed E-state index contributed by atoms with van der Waals surface area (Å²) in [5.74, 6) is -1.85. The van der Waals surface area contributed by atoms with Crippen LogP contribution in [0.3, 0.4) is 0 Å². The van der Waals surface area contributed by atoms with Crippen LogP contribution in [0.1, 0.15) is 38.7 Å². The van der Waals surface area contributed by atoms with Gasteiger partial charge in [0, 0.05) is 17.2 Å². The molecule has 30 heavy (non-hydrogen) atoms. The second-order valence-corrected chi connectivity index (χ2v) is 5.83. The highest BCUT2D eigenvalue weighted by atomic mass is 16.5. The number of allylic oxidation sites excluding steroid dienone is 1. The van der Waals surface area contributed by atoms with Gasteiger partial charge in [0.15, 0.2) is 0 Å². The lowest BCUT2D eigenvalue weighted by molar-refractivity contribution is -0.138. The number of benzene rings is 1. The molecule has 0 saturated carbocycles. The lowest BCUT2D eigenvalue weighted by Gasteiger charge is -1.99. The van der Waals surface area contributed by atoms with Crippen molar-refractivity contribution in [1.82, 2.24) is 0 Å². The van der Waals surface area contributed by atoms with Crippen molar-refractivity contribution in [1.29, 1.82) is 0 Å². The fourth-order valence-corrected chi connectivity index (χ4v) is 1.56. The molecule has 6 nitrogen and oxygen atoms in total. The largest absolute Gasteiger partial charge is 0.478 e. The van der Waals surface area contributed by atoms with Gasteiger partial charge in [-0.1, -0.05) is 75.6 Å². The summed E-state index contributed by atoms with van der Waals surface area (Å²) in [6.45, 7) is 14.4. The molecule has 0 fully saturated rings. The van der Waals surface area contributed by atoms with E-state index in [1.165, 1.54) is 31.7 Å². The number of carbonyl (C=O) groups is 3. The zero-order valence-corrected chi connectivity index (χ0v) is 18.1. The zero-order valence-electron chi connectivity index (χ0n) is 18.1. The molecule has 0 aromatic heterocycles. The van der Waals surface area contributed by atoms with E-state index in [0.717, 1.165) is 12.8 Å². The van der Waals surface area contributed by atoms with Gasteiger partial charge in [-0.15, -0.1) is 0 Å². The highest BCUT2D eigenvalue weighted by molar-refractivity contribution is 5.89. The Balaban J connectivity index is 0. The summed E-state index contributed by atoms with van der Waals surface area (Å²) < 4.78 is 9.06. The number of hydrogen-bond donors (Lipinski definition) is 1. The second-order valence-electron chi connectivity index (χ2n) is 5.83. The van der Waals surface area contributed by atoms with Crippen LogP contribution in [0.15, 0.2) is 73.4 Å². The normalized spacial score (nSPS) is 9.50. The predicted octanol–water partition coefficient (Wildman–Crippen LogP) is 4.98. The van der Waals surface area contributed by atoms with Crippen LogP contribution in [0.2, 0.25) is 0 Å². The quantitative estimate of drug-likeness (QED) is 0.347. The number of ether oxygens (including phenoxy) is 2. The van der Waals surface area contributed by atoms with E-state index >= 15 is 0 Å². The Morgan fingerprint density at radius 2 is 1.73 bits per heavy atom. The molecule has 0 saturated heterocycles. The van der Waals surface area contributed by atoms with Crippen LogP contribution in [0, 0.1) is 0 Å².